The number of hydrogen-bond donors (Lipinski definition) is 2. The summed E-state index contributed by atoms with van der Waals surface area (Å²) in [5.41, 5.74) is 2.19. The summed E-state index contributed by atoms with van der Waals surface area (Å²) in [6, 6.07) is 5.83. The highest BCUT2D eigenvalue weighted by Gasteiger charge is 2.04. The van der Waals surface area contributed by atoms with E-state index < -0.39 is 0 Å². The van der Waals surface area contributed by atoms with E-state index in [-0.39, 0.29) is 19.1 Å². The maximum absolute atomic E-state index is 11.4. The number of carbonyl (C=O) groups is 1. The quantitative estimate of drug-likeness (QED) is 0.730. The van der Waals surface area contributed by atoms with E-state index in [1.54, 1.807) is 0 Å². The molecule has 1 aromatic rings. The summed E-state index contributed by atoms with van der Waals surface area (Å²) in [7, 11) is 0. The first-order valence-electron chi connectivity index (χ1n) is 5.71. The summed E-state index contributed by atoms with van der Waals surface area (Å²) in [4.78, 5) is 11.4. The number of amides is 1. The van der Waals surface area contributed by atoms with E-state index in [1.165, 1.54) is 5.56 Å². The highest BCUT2D eigenvalue weighted by atomic mass is 16.5. The number of aliphatic hydroxyl groups excluding tert-OH is 1. The van der Waals surface area contributed by atoms with Crippen LogP contribution < -0.4 is 10.1 Å². The van der Waals surface area contributed by atoms with Gasteiger partial charge in [0.15, 0.2) is 6.61 Å². The highest BCUT2D eigenvalue weighted by Crippen LogP contribution is 2.18. The molecule has 94 valence electrons. The van der Waals surface area contributed by atoms with Crippen LogP contribution in [0.4, 0.5) is 0 Å². The van der Waals surface area contributed by atoms with Crippen molar-refractivity contribution in [3.63, 3.8) is 0 Å². The highest BCUT2D eigenvalue weighted by molar-refractivity contribution is 5.77. The van der Waals surface area contributed by atoms with Gasteiger partial charge in [-0.3, -0.25) is 4.79 Å². The van der Waals surface area contributed by atoms with Crippen LogP contribution in [0.3, 0.4) is 0 Å². The second-order valence-electron chi connectivity index (χ2n) is 3.98. The third-order valence-electron chi connectivity index (χ3n) is 2.35. The molecule has 1 aromatic carbocycles. The second kappa shape index (κ2) is 6.91. The van der Waals surface area contributed by atoms with Crippen LogP contribution in [0.2, 0.25) is 0 Å². The molecule has 0 aromatic heterocycles. The predicted octanol–water partition coefficient (Wildman–Crippen LogP) is 1.18. The van der Waals surface area contributed by atoms with Crippen LogP contribution in [-0.2, 0) is 4.79 Å². The van der Waals surface area contributed by atoms with Crippen molar-refractivity contribution in [2.24, 2.45) is 0 Å². The van der Waals surface area contributed by atoms with E-state index in [4.69, 9.17) is 9.84 Å². The van der Waals surface area contributed by atoms with Gasteiger partial charge in [0.1, 0.15) is 5.75 Å². The molecule has 1 rings (SSSR count). The van der Waals surface area contributed by atoms with Gasteiger partial charge < -0.3 is 15.2 Å². The van der Waals surface area contributed by atoms with E-state index in [0.29, 0.717) is 13.0 Å². The van der Waals surface area contributed by atoms with Crippen molar-refractivity contribution in [1.29, 1.82) is 0 Å². The molecule has 0 unspecified atom stereocenters. The van der Waals surface area contributed by atoms with Crippen molar-refractivity contribution in [3.8, 4) is 5.75 Å². The van der Waals surface area contributed by atoms with E-state index in [9.17, 15) is 4.79 Å². The summed E-state index contributed by atoms with van der Waals surface area (Å²) in [6.07, 6.45) is 0.565. The molecule has 2 N–H and O–H groups in total. The molecule has 17 heavy (non-hydrogen) atoms. The minimum Gasteiger partial charge on any atom is -0.484 e. The lowest BCUT2D eigenvalue weighted by Gasteiger charge is -2.09. The van der Waals surface area contributed by atoms with Gasteiger partial charge in [0.05, 0.1) is 0 Å². The Hall–Kier alpha value is -1.55. The van der Waals surface area contributed by atoms with E-state index in [0.717, 1.165) is 11.3 Å². The van der Waals surface area contributed by atoms with Crippen LogP contribution in [0.5, 0.6) is 5.75 Å². The first-order chi connectivity index (χ1) is 8.13. The zero-order valence-corrected chi connectivity index (χ0v) is 10.3. The first-order valence-corrected chi connectivity index (χ1v) is 5.71. The fourth-order valence-corrected chi connectivity index (χ4v) is 1.46. The molecular formula is C13H19NO3. The Morgan fingerprint density at radius 3 is 2.82 bits per heavy atom. The number of benzene rings is 1. The number of nitrogens with one attached hydrogen (secondary N) is 1. The van der Waals surface area contributed by atoms with Crippen molar-refractivity contribution in [3.05, 3.63) is 29.3 Å². The Morgan fingerprint density at radius 2 is 2.18 bits per heavy atom. The maximum atomic E-state index is 11.4. The fourth-order valence-electron chi connectivity index (χ4n) is 1.46. The topological polar surface area (TPSA) is 58.6 Å². The van der Waals surface area contributed by atoms with Crippen molar-refractivity contribution < 1.29 is 14.6 Å². The number of aryl methyl sites for hydroxylation is 2. The molecule has 0 bridgehead atoms. The average molecular weight is 237 g/mol. The molecule has 0 atom stereocenters. The van der Waals surface area contributed by atoms with Crippen LogP contribution in [0, 0.1) is 13.8 Å². The number of aliphatic hydroxyl groups is 1. The molecule has 0 spiro atoms. The molecular weight excluding hydrogens is 218 g/mol. The van der Waals surface area contributed by atoms with Crippen molar-refractivity contribution in [2.75, 3.05) is 19.8 Å². The molecule has 4 heteroatoms. The van der Waals surface area contributed by atoms with Crippen molar-refractivity contribution in [2.45, 2.75) is 20.3 Å². The van der Waals surface area contributed by atoms with Gasteiger partial charge in [0.2, 0.25) is 0 Å². The Morgan fingerprint density at radius 1 is 1.41 bits per heavy atom. The van der Waals surface area contributed by atoms with E-state index in [1.807, 2.05) is 32.0 Å². The fraction of sp³-hybridized carbons (Fsp3) is 0.462. The molecule has 0 aliphatic heterocycles. The minimum atomic E-state index is -0.168. The monoisotopic (exact) mass is 237 g/mol. The molecule has 0 heterocycles. The summed E-state index contributed by atoms with van der Waals surface area (Å²) >= 11 is 0. The number of ether oxygens (including phenoxy) is 1. The Labute approximate surface area is 102 Å². The molecule has 0 radical (unpaired) electrons. The van der Waals surface area contributed by atoms with Gasteiger partial charge in [-0.05, 0) is 31.9 Å². The number of hydrogen-bond acceptors (Lipinski definition) is 3. The summed E-state index contributed by atoms with van der Waals surface area (Å²) < 4.78 is 5.41. The molecule has 0 saturated heterocycles. The number of rotatable bonds is 6. The lowest BCUT2D eigenvalue weighted by Crippen LogP contribution is -2.30. The zero-order chi connectivity index (χ0) is 12.7. The normalized spacial score (nSPS) is 10.1. The van der Waals surface area contributed by atoms with Crippen LogP contribution >= 0.6 is 0 Å². The Kier molecular flexibility index (Phi) is 5.49. The molecule has 4 nitrogen and oxygen atoms in total. The summed E-state index contributed by atoms with van der Waals surface area (Å²) in [5, 5.41) is 11.2. The van der Waals surface area contributed by atoms with E-state index >= 15 is 0 Å². The van der Waals surface area contributed by atoms with Crippen LogP contribution in [0.1, 0.15) is 17.5 Å². The van der Waals surface area contributed by atoms with Crippen molar-refractivity contribution >= 4 is 5.91 Å². The smallest absolute Gasteiger partial charge is 0.257 e. The Balaban J connectivity index is 2.37. The lowest BCUT2D eigenvalue weighted by molar-refractivity contribution is -0.123. The van der Waals surface area contributed by atoms with E-state index in [2.05, 4.69) is 5.32 Å². The predicted molar refractivity (Wildman–Crippen MR) is 66.1 cm³/mol. The lowest BCUT2D eigenvalue weighted by atomic mass is 10.1. The third kappa shape index (κ3) is 4.87. The van der Waals surface area contributed by atoms with Crippen molar-refractivity contribution in [1.82, 2.24) is 5.32 Å². The molecule has 0 aliphatic rings. The van der Waals surface area contributed by atoms with Crippen LogP contribution in [-0.4, -0.2) is 30.8 Å². The van der Waals surface area contributed by atoms with Gasteiger partial charge in [-0.15, -0.1) is 0 Å². The van der Waals surface area contributed by atoms with Gasteiger partial charge in [-0.2, -0.15) is 0 Å². The zero-order valence-electron chi connectivity index (χ0n) is 10.3. The molecule has 0 aliphatic carbocycles. The molecule has 0 fully saturated rings. The number of carbonyl (C=O) groups excluding carboxylic acids is 1. The standard InChI is InChI=1S/C13H19NO3/c1-10-4-5-12(11(2)8-10)17-9-13(16)14-6-3-7-15/h4-5,8,15H,3,6-7,9H2,1-2H3,(H,14,16). The van der Waals surface area contributed by atoms with Gasteiger partial charge in [-0.1, -0.05) is 17.7 Å². The van der Waals surface area contributed by atoms with Gasteiger partial charge in [0, 0.05) is 13.2 Å². The molecule has 0 saturated carbocycles. The molecule has 1 amide bonds. The van der Waals surface area contributed by atoms with Crippen LogP contribution in [0.25, 0.3) is 0 Å². The van der Waals surface area contributed by atoms with Crippen LogP contribution in [0.15, 0.2) is 18.2 Å². The largest absolute Gasteiger partial charge is 0.484 e. The van der Waals surface area contributed by atoms with Gasteiger partial charge >= 0.3 is 0 Å². The minimum absolute atomic E-state index is 0.00926. The Bertz CT molecular complexity index is 377. The SMILES string of the molecule is Cc1ccc(OCC(=O)NCCCO)c(C)c1. The first kappa shape index (κ1) is 13.5. The summed E-state index contributed by atoms with van der Waals surface area (Å²) in [5.74, 6) is 0.561. The van der Waals surface area contributed by atoms with Gasteiger partial charge in [-0.25, -0.2) is 0 Å². The maximum Gasteiger partial charge on any atom is 0.257 e. The summed E-state index contributed by atoms with van der Waals surface area (Å²) in [6.45, 7) is 4.53. The average Bonchev–Trinajstić information content (AvgIpc) is 2.28. The third-order valence-corrected chi connectivity index (χ3v) is 2.35. The second-order valence-corrected chi connectivity index (χ2v) is 3.98. The van der Waals surface area contributed by atoms with Gasteiger partial charge in [0.25, 0.3) is 5.91 Å².